The highest BCUT2D eigenvalue weighted by molar-refractivity contribution is 7.18. The number of ether oxygens (including phenoxy) is 2. The summed E-state index contributed by atoms with van der Waals surface area (Å²) in [7, 11) is 3.13. The van der Waals surface area contributed by atoms with Gasteiger partial charge in [-0.15, -0.1) is 11.3 Å². The number of H-pyrrole nitrogens is 1. The second kappa shape index (κ2) is 8.28. The van der Waals surface area contributed by atoms with E-state index in [9.17, 15) is 4.79 Å². The molecule has 31 heavy (non-hydrogen) atoms. The zero-order valence-electron chi connectivity index (χ0n) is 17.6. The van der Waals surface area contributed by atoms with Crippen molar-refractivity contribution in [3.05, 3.63) is 57.6 Å². The number of para-hydroxylation sites is 1. The van der Waals surface area contributed by atoms with Gasteiger partial charge in [0.25, 0.3) is 5.56 Å². The van der Waals surface area contributed by atoms with Crippen LogP contribution in [-0.2, 0) is 6.54 Å². The topological polar surface area (TPSA) is 80.3 Å². The number of hydrogen-bond acceptors (Lipinski definition) is 7. The average Bonchev–Trinajstić information content (AvgIpc) is 3.23. The summed E-state index contributed by atoms with van der Waals surface area (Å²) in [6, 6.07) is 11.9. The Morgan fingerprint density at radius 3 is 2.71 bits per heavy atom. The van der Waals surface area contributed by atoms with Gasteiger partial charge in [0, 0.05) is 6.07 Å². The first-order chi connectivity index (χ1) is 15.2. The summed E-state index contributed by atoms with van der Waals surface area (Å²) in [6.07, 6.45) is 3.36. The summed E-state index contributed by atoms with van der Waals surface area (Å²) in [5.41, 5.74) is 1.48. The Balaban J connectivity index is 1.48. The first-order valence-corrected chi connectivity index (χ1v) is 11.2. The zero-order chi connectivity index (χ0) is 21.4. The standard InChI is InChI=1S/C23H24N4O3S/c1-29-18-11-14-16(12-19(18)30-2)24-21(26-22(14)28)13-27-10-6-5-8-17(27)23-25-15-7-3-4-9-20(15)31-23/h3-4,7,9,11-12,17H,5-6,8,10,13H2,1-2H3,(H,24,26,28). The van der Waals surface area contributed by atoms with Crippen LogP contribution in [0.4, 0.5) is 0 Å². The third kappa shape index (κ3) is 3.77. The SMILES string of the molecule is COc1cc2nc(CN3CCCCC3c3nc4ccccc4s3)[nH]c(=O)c2cc1OC. The van der Waals surface area contributed by atoms with E-state index in [0.717, 1.165) is 29.9 Å². The van der Waals surface area contributed by atoms with Crippen LogP contribution in [0, 0.1) is 0 Å². The van der Waals surface area contributed by atoms with Gasteiger partial charge < -0.3 is 14.5 Å². The van der Waals surface area contributed by atoms with Crippen molar-refractivity contribution >= 4 is 32.5 Å². The molecule has 1 saturated heterocycles. The van der Waals surface area contributed by atoms with Crippen molar-refractivity contribution in [3.63, 3.8) is 0 Å². The molecule has 4 aromatic rings. The summed E-state index contributed by atoms with van der Waals surface area (Å²) >= 11 is 1.76. The molecule has 1 N–H and O–H groups in total. The maximum absolute atomic E-state index is 12.8. The lowest BCUT2D eigenvalue weighted by atomic mass is 10.0. The van der Waals surface area contributed by atoms with Gasteiger partial charge in [0.05, 0.1) is 47.9 Å². The predicted molar refractivity (Wildman–Crippen MR) is 122 cm³/mol. The number of aromatic amines is 1. The number of nitrogens with one attached hydrogen (secondary N) is 1. The molecule has 8 heteroatoms. The first-order valence-electron chi connectivity index (χ1n) is 10.4. The smallest absolute Gasteiger partial charge is 0.258 e. The molecule has 1 atom stereocenters. The van der Waals surface area contributed by atoms with Gasteiger partial charge in [-0.2, -0.15) is 0 Å². The molecule has 1 aliphatic rings. The fraction of sp³-hybridized carbons (Fsp3) is 0.348. The van der Waals surface area contributed by atoms with Crippen LogP contribution in [0.3, 0.4) is 0 Å². The Kier molecular flexibility index (Phi) is 5.33. The van der Waals surface area contributed by atoms with E-state index in [1.807, 2.05) is 6.07 Å². The molecule has 2 aromatic carbocycles. The Bertz CT molecular complexity index is 1270. The predicted octanol–water partition coefficient (Wildman–Crippen LogP) is 4.28. The summed E-state index contributed by atoms with van der Waals surface area (Å²) in [6.45, 7) is 1.52. The van der Waals surface area contributed by atoms with Gasteiger partial charge in [0.15, 0.2) is 11.5 Å². The molecule has 2 aromatic heterocycles. The second-order valence-corrected chi connectivity index (χ2v) is 8.80. The van der Waals surface area contributed by atoms with Crippen molar-refractivity contribution in [2.75, 3.05) is 20.8 Å². The van der Waals surface area contributed by atoms with Crippen LogP contribution in [0.2, 0.25) is 0 Å². The van der Waals surface area contributed by atoms with Gasteiger partial charge in [-0.25, -0.2) is 9.97 Å². The number of nitrogens with zero attached hydrogens (tertiary/aromatic N) is 3. The van der Waals surface area contributed by atoms with E-state index in [1.165, 1.54) is 11.1 Å². The Labute approximate surface area is 183 Å². The molecule has 7 nitrogen and oxygen atoms in total. The van der Waals surface area contributed by atoms with Crippen molar-refractivity contribution < 1.29 is 9.47 Å². The molecule has 0 aliphatic carbocycles. The Morgan fingerprint density at radius 1 is 1.10 bits per heavy atom. The number of benzene rings is 2. The number of fused-ring (bicyclic) bond motifs is 2. The molecule has 0 amide bonds. The minimum absolute atomic E-state index is 0.172. The van der Waals surface area contributed by atoms with Crippen LogP contribution in [0.1, 0.15) is 36.1 Å². The van der Waals surface area contributed by atoms with E-state index >= 15 is 0 Å². The highest BCUT2D eigenvalue weighted by Gasteiger charge is 2.27. The normalized spacial score (nSPS) is 17.3. The van der Waals surface area contributed by atoms with E-state index in [1.54, 1.807) is 37.7 Å². The number of thiazole rings is 1. The fourth-order valence-electron chi connectivity index (χ4n) is 4.27. The molecular weight excluding hydrogens is 412 g/mol. The lowest BCUT2D eigenvalue weighted by Crippen LogP contribution is -2.34. The molecular formula is C23H24N4O3S. The number of likely N-dealkylation sites (tertiary alicyclic amines) is 1. The maximum Gasteiger partial charge on any atom is 0.258 e. The van der Waals surface area contributed by atoms with E-state index in [0.29, 0.717) is 34.8 Å². The van der Waals surface area contributed by atoms with Gasteiger partial charge in [-0.1, -0.05) is 18.6 Å². The minimum atomic E-state index is -0.172. The number of rotatable bonds is 5. The number of aromatic nitrogens is 3. The molecule has 160 valence electrons. The summed E-state index contributed by atoms with van der Waals surface area (Å²) in [5.74, 6) is 1.73. The van der Waals surface area contributed by atoms with Gasteiger partial charge >= 0.3 is 0 Å². The van der Waals surface area contributed by atoms with E-state index in [-0.39, 0.29) is 11.6 Å². The molecule has 0 bridgehead atoms. The lowest BCUT2D eigenvalue weighted by molar-refractivity contribution is 0.137. The highest BCUT2D eigenvalue weighted by Crippen LogP contribution is 2.36. The molecule has 1 fully saturated rings. The van der Waals surface area contributed by atoms with Crippen LogP contribution in [0.5, 0.6) is 11.5 Å². The maximum atomic E-state index is 12.8. The zero-order valence-corrected chi connectivity index (χ0v) is 18.4. The van der Waals surface area contributed by atoms with Crippen molar-refractivity contribution in [2.24, 2.45) is 0 Å². The molecule has 0 saturated carbocycles. The van der Waals surface area contributed by atoms with Crippen LogP contribution < -0.4 is 15.0 Å². The molecule has 0 radical (unpaired) electrons. The number of hydrogen-bond donors (Lipinski definition) is 1. The average molecular weight is 437 g/mol. The number of piperidine rings is 1. The largest absolute Gasteiger partial charge is 0.493 e. The fourth-order valence-corrected chi connectivity index (χ4v) is 5.41. The van der Waals surface area contributed by atoms with Gasteiger partial charge in [-0.05, 0) is 37.6 Å². The molecule has 3 heterocycles. The second-order valence-electron chi connectivity index (χ2n) is 7.74. The van der Waals surface area contributed by atoms with Crippen LogP contribution in [0.25, 0.3) is 21.1 Å². The van der Waals surface area contributed by atoms with Crippen molar-refractivity contribution in [1.82, 2.24) is 19.9 Å². The summed E-state index contributed by atoms with van der Waals surface area (Å²) in [5, 5.41) is 1.62. The molecule has 1 aliphatic heterocycles. The third-order valence-corrected chi connectivity index (χ3v) is 6.96. The van der Waals surface area contributed by atoms with Crippen molar-refractivity contribution in [1.29, 1.82) is 0 Å². The Morgan fingerprint density at radius 2 is 1.90 bits per heavy atom. The van der Waals surface area contributed by atoms with Crippen molar-refractivity contribution in [2.45, 2.75) is 31.8 Å². The van der Waals surface area contributed by atoms with Gasteiger partial charge in [0.2, 0.25) is 0 Å². The van der Waals surface area contributed by atoms with Crippen LogP contribution >= 0.6 is 11.3 Å². The van der Waals surface area contributed by atoms with Crippen LogP contribution in [0.15, 0.2) is 41.2 Å². The Hall–Kier alpha value is -2.97. The van der Waals surface area contributed by atoms with E-state index in [4.69, 9.17) is 19.4 Å². The third-order valence-electron chi connectivity index (χ3n) is 5.82. The van der Waals surface area contributed by atoms with Gasteiger partial charge in [0.1, 0.15) is 10.8 Å². The number of methoxy groups -OCH3 is 2. The van der Waals surface area contributed by atoms with Gasteiger partial charge in [-0.3, -0.25) is 9.69 Å². The molecule has 0 spiro atoms. The highest BCUT2D eigenvalue weighted by atomic mass is 32.1. The monoisotopic (exact) mass is 436 g/mol. The molecule has 5 rings (SSSR count). The lowest BCUT2D eigenvalue weighted by Gasteiger charge is -2.34. The molecule has 1 unspecified atom stereocenters. The minimum Gasteiger partial charge on any atom is -0.493 e. The quantitative estimate of drug-likeness (QED) is 0.503. The summed E-state index contributed by atoms with van der Waals surface area (Å²) < 4.78 is 11.9. The van der Waals surface area contributed by atoms with Crippen LogP contribution in [-0.4, -0.2) is 40.6 Å². The van der Waals surface area contributed by atoms with E-state index < -0.39 is 0 Å². The first kappa shape index (κ1) is 20.0. The van der Waals surface area contributed by atoms with Crippen molar-refractivity contribution in [3.8, 4) is 11.5 Å². The summed E-state index contributed by atoms with van der Waals surface area (Å²) in [4.78, 5) is 27.7. The van der Waals surface area contributed by atoms with E-state index in [2.05, 4.69) is 28.1 Å².